The zero-order chi connectivity index (χ0) is 14.2. The molecule has 0 spiro atoms. The van der Waals surface area contributed by atoms with Gasteiger partial charge in [-0.3, -0.25) is 14.8 Å². The van der Waals surface area contributed by atoms with Gasteiger partial charge in [-0.1, -0.05) is 6.07 Å². The molecule has 4 nitrogen and oxygen atoms in total. The van der Waals surface area contributed by atoms with Crippen LogP contribution in [0.1, 0.15) is 18.4 Å². The largest absolute Gasteiger partial charge is 0.398 e. The van der Waals surface area contributed by atoms with Crippen molar-refractivity contribution in [2.75, 3.05) is 31.9 Å². The van der Waals surface area contributed by atoms with E-state index in [2.05, 4.69) is 26.9 Å². The summed E-state index contributed by atoms with van der Waals surface area (Å²) in [5.41, 5.74) is 9.25. The van der Waals surface area contributed by atoms with Crippen LogP contribution in [0.2, 0.25) is 0 Å². The van der Waals surface area contributed by atoms with Crippen molar-refractivity contribution in [2.24, 2.45) is 0 Å². The summed E-state index contributed by atoms with van der Waals surface area (Å²) < 4.78 is 0. The van der Waals surface area contributed by atoms with E-state index in [9.17, 15) is 0 Å². The van der Waals surface area contributed by atoms with Crippen LogP contribution in [-0.2, 0) is 6.54 Å². The SMILES string of the molecule is Nc1ccc(CN2CCN3CCCC3C2)c2ncccc12. The zero-order valence-electron chi connectivity index (χ0n) is 12.3. The molecule has 1 aromatic heterocycles. The van der Waals surface area contributed by atoms with E-state index in [0.717, 1.165) is 35.7 Å². The van der Waals surface area contributed by atoms with Crippen LogP contribution in [0.3, 0.4) is 0 Å². The number of anilines is 1. The molecule has 2 saturated heterocycles. The molecule has 0 bridgehead atoms. The predicted octanol–water partition coefficient (Wildman–Crippen LogP) is 2.10. The molecule has 2 aromatic rings. The molecule has 0 radical (unpaired) electrons. The molecule has 0 saturated carbocycles. The number of pyridine rings is 1. The van der Waals surface area contributed by atoms with Gasteiger partial charge in [-0.15, -0.1) is 0 Å². The molecule has 4 rings (SSSR count). The van der Waals surface area contributed by atoms with E-state index in [1.807, 2.05) is 18.3 Å². The van der Waals surface area contributed by atoms with E-state index in [1.54, 1.807) is 0 Å². The number of piperazine rings is 1. The highest BCUT2D eigenvalue weighted by Crippen LogP contribution is 2.26. The third kappa shape index (κ3) is 2.39. The molecule has 3 heterocycles. The summed E-state index contributed by atoms with van der Waals surface area (Å²) >= 11 is 0. The number of hydrogen-bond donors (Lipinski definition) is 1. The minimum absolute atomic E-state index is 0.770. The number of nitrogens with zero attached hydrogens (tertiary/aromatic N) is 3. The number of benzene rings is 1. The fraction of sp³-hybridized carbons (Fsp3) is 0.471. The maximum absolute atomic E-state index is 6.07. The summed E-state index contributed by atoms with van der Waals surface area (Å²) in [4.78, 5) is 9.78. The normalized spacial score (nSPS) is 23.5. The Labute approximate surface area is 125 Å². The number of aromatic nitrogens is 1. The quantitative estimate of drug-likeness (QED) is 0.857. The van der Waals surface area contributed by atoms with Crippen LogP contribution in [0, 0.1) is 0 Å². The first-order valence-corrected chi connectivity index (χ1v) is 7.90. The van der Waals surface area contributed by atoms with Crippen LogP contribution in [0.15, 0.2) is 30.5 Å². The fourth-order valence-corrected chi connectivity index (χ4v) is 3.82. The third-order valence-corrected chi connectivity index (χ3v) is 4.95. The van der Waals surface area contributed by atoms with Crippen LogP contribution >= 0.6 is 0 Å². The highest BCUT2D eigenvalue weighted by molar-refractivity contribution is 5.92. The van der Waals surface area contributed by atoms with Crippen molar-refractivity contribution in [3.05, 3.63) is 36.0 Å². The van der Waals surface area contributed by atoms with Gasteiger partial charge < -0.3 is 5.73 Å². The predicted molar refractivity (Wildman–Crippen MR) is 86.0 cm³/mol. The molecule has 2 aliphatic heterocycles. The Kier molecular flexibility index (Phi) is 3.28. The van der Waals surface area contributed by atoms with Crippen molar-refractivity contribution in [1.82, 2.24) is 14.8 Å². The van der Waals surface area contributed by atoms with Crippen molar-refractivity contribution in [3.8, 4) is 0 Å². The van der Waals surface area contributed by atoms with E-state index < -0.39 is 0 Å². The Morgan fingerprint density at radius 3 is 3.10 bits per heavy atom. The Hall–Kier alpha value is -1.65. The summed E-state index contributed by atoms with van der Waals surface area (Å²) in [5, 5.41) is 1.08. The Morgan fingerprint density at radius 2 is 2.14 bits per heavy atom. The first-order chi connectivity index (χ1) is 10.3. The monoisotopic (exact) mass is 282 g/mol. The lowest BCUT2D eigenvalue weighted by atomic mass is 10.1. The van der Waals surface area contributed by atoms with Crippen LogP contribution in [0.5, 0.6) is 0 Å². The summed E-state index contributed by atoms with van der Waals surface area (Å²) in [7, 11) is 0. The van der Waals surface area contributed by atoms with E-state index in [0.29, 0.717) is 0 Å². The first kappa shape index (κ1) is 13.0. The Balaban J connectivity index is 1.58. The van der Waals surface area contributed by atoms with Crippen LogP contribution in [0.25, 0.3) is 10.9 Å². The second-order valence-electron chi connectivity index (χ2n) is 6.28. The van der Waals surface area contributed by atoms with Crippen LogP contribution < -0.4 is 5.73 Å². The average Bonchev–Trinajstić information content (AvgIpc) is 2.98. The first-order valence-electron chi connectivity index (χ1n) is 7.90. The lowest BCUT2D eigenvalue weighted by molar-refractivity contribution is 0.0996. The van der Waals surface area contributed by atoms with E-state index in [1.165, 1.54) is 38.0 Å². The summed E-state index contributed by atoms with van der Waals surface area (Å²) in [6.07, 6.45) is 4.59. The number of fused-ring (bicyclic) bond motifs is 2. The Morgan fingerprint density at radius 1 is 1.19 bits per heavy atom. The molecule has 110 valence electrons. The lowest BCUT2D eigenvalue weighted by Crippen LogP contribution is -2.49. The molecule has 1 atom stereocenters. The van der Waals surface area contributed by atoms with Gasteiger partial charge in [0.15, 0.2) is 0 Å². The van der Waals surface area contributed by atoms with Crippen LogP contribution in [0.4, 0.5) is 5.69 Å². The standard InChI is InChI=1S/C17H22N4/c18-16-6-5-13(17-15(16)4-1-7-19-17)11-20-9-10-21-8-2-3-14(21)12-20/h1,4-7,14H,2-3,8-12,18H2. The van der Waals surface area contributed by atoms with Crippen molar-refractivity contribution < 1.29 is 0 Å². The van der Waals surface area contributed by atoms with E-state index >= 15 is 0 Å². The highest BCUT2D eigenvalue weighted by atomic mass is 15.3. The molecule has 2 N–H and O–H groups in total. The van der Waals surface area contributed by atoms with Crippen molar-refractivity contribution >= 4 is 16.6 Å². The number of hydrogen-bond acceptors (Lipinski definition) is 4. The minimum Gasteiger partial charge on any atom is -0.398 e. The minimum atomic E-state index is 0.770. The molecule has 2 aliphatic rings. The summed E-state index contributed by atoms with van der Waals surface area (Å²) in [6.45, 7) is 5.85. The number of nitrogens with two attached hydrogens (primary N) is 1. The van der Waals surface area contributed by atoms with Gasteiger partial charge in [0.1, 0.15) is 0 Å². The van der Waals surface area contributed by atoms with Crippen molar-refractivity contribution in [3.63, 3.8) is 0 Å². The molecular weight excluding hydrogens is 260 g/mol. The topological polar surface area (TPSA) is 45.4 Å². The molecule has 1 unspecified atom stereocenters. The summed E-state index contributed by atoms with van der Waals surface area (Å²) in [5.74, 6) is 0. The molecule has 2 fully saturated rings. The van der Waals surface area contributed by atoms with Gasteiger partial charge in [0.25, 0.3) is 0 Å². The van der Waals surface area contributed by atoms with Gasteiger partial charge in [0.2, 0.25) is 0 Å². The molecule has 21 heavy (non-hydrogen) atoms. The molecule has 0 amide bonds. The lowest BCUT2D eigenvalue weighted by Gasteiger charge is -2.37. The second-order valence-corrected chi connectivity index (χ2v) is 6.28. The molecule has 4 heteroatoms. The average molecular weight is 282 g/mol. The number of nitrogen functional groups attached to an aromatic ring is 1. The van der Waals surface area contributed by atoms with Gasteiger partial charge in [0, 0.05) is 49.5 Å². The third-order valence-electron chi connectivity index (χ3n) is 4.95. The molecule has 1 aromatic carbocycles. The van der Waals surface area contributed by atoms with Crippen LogP contribution in [-0.4, -0.2) is 47.0 Å². The van der Waals surface area contributed by atoms with Crippen molar-refractivity contribution in [2.45, 2.75) is 25.4 Å². The van der Waals surface area contributed by atoms with Gasteiger partial charge in [0.05, 0.1) is 5.52 Å². The smallest absolute Gasteiger partial charge is 0.0767 e. The molecule has 0 aliphatic carbocycles. The fourth-order valence-electron chi connectivity index (χ4n) is 3.82. The van der Waals surface area contributed by atoms with Gasteiger partial charge in [-0.25, -0.2) is 0 Å². The van der Waals surface area contributed by atoms with Gasteiger partial charge >= 0.3 is 0 Å². The maximum atomic E-state index is 6.07. The van der Waals surface area contributed by atoms with E-state index in [-0.39, 0.29) is 0 Å². The maximum Gasteiger partial charge on any atom is 0.0767 e. The van der Waals surface area contributed by atoms with Gasteiger partial charge in [-0.2, -0.15) is 0 Å². The number of rotatable bonds is 2. The van der Waals surface area contributed by atoms with Crippen molar-refractivity contribution in [1.29, 1.82) is 0 Å². The van der Waals surface area contributed by atoms with E-state index in [4.69, 9.17) is 5.73 Å². The highest BCUT2D eigenvalue weighted by Gasteiger charge is 2.30. The zero-order valence-corrected chi connectivity index (χ0v) is 12.3. The molecular formula is C17H22N4. The Bertz CT molecular complexity index is 654. The summed E-state index contributed by atoms with van der Waals surface area (Å²) in [6, 6.07) is 8.96. The van der Waals surface area contributed by atoms with Gasteiger partial charge in [-0.05, 0) is 43.1 Å². The second kappa shape index (κ2) is 5.28.